The van der Waals surface area contributed by atoms with E-state index in [4.69, 9.17) is 0 Å². The molecule has 2 fully saturated rings. The lowest BCUT2D eigenvalue weighted by molar-refractivity contribution is -0.136. The first-order chi connectivity index (χ1) is 12.0. The van der Waals surface area contributed by atoms with Crippen LogP contribution in [0.5, 0.6) is 0 Å². The summed E-state index contributed by atoms with van der Waals surface area (Å²) < 4.78 is 2.00. The van der Waals surface area contributed by atoms with Crippen LogP contribution in [0.25, 0.3) is 0 Å². The van der Waals surface area contributed by atoms with Crippen molar-refractivity contribution in [2.45, 2.75) is 25.4 Å². The fraction of sp³-hybridized carbons (Fsp3) is 0.471. The third-order valence-electron chi connectivity index (χ3n) is 5.13. The minimum Gasteiger partial charge on any atom is -0.369 e. The lowest BCUT2D eigenvalue weighted by atomic mass is 10.0. The van der Waals surface area contributed by atoms with E-state index in [-0.39, 0.29) is 24.1 Å². The highest BCUT2D eigenvalue weighted by molar-refractivity contribution is 7.77. The molecule has 1 aromatic carbocycles. The molecule has 0 aromatic heterocycles. The molecule has 7 nitrogen and oxygen atoms in total. The lowest BCUT2D eigenvalue weighted by Crippen LogP contribution is -2.52. The number of carbonyl (C=O) groups excluding carboxylic acids is 3. The van der Waals surface area contributed by atoms with Gasteiger partial charge in [0.15, 0.2) is 0 Å². The molecule has 1 unspecified atom stereocenters. The van der Waals surface area contributed by atoms with Gasteiger partial charge in [-0.2, -0.15) is 0 Å². The van der Waals surface area contributed by atoms with Crippen molar-refractivity contribution in [1.29, 1.82) is 0 Å². The number of piperazine rings is 1. The fourth-order valence-corrected chi connectivity index (χ4v) is 3.89. The van der Waals surface area contributed by atoms with Crippen molar-refractivity contribution in [3.63, 3.8) is 0 Å². The first kappa shape index (κ1) is 16.4. The predicted octanol–water partition coefficient (Wildman–Crippen LogP) is 0.414. The number of anilines is 1. The Morgan fingerprint density at radius 3 is 2.56 bits per heavy atom. The van der Waals surface area contributed by atoms with E-state index in [2.05, 4.69) is 23.0 Å². The minimum absolute atomic E-state index is 0.128. The smallest absolute Gasteiger partial charge is 0.255 e. The quantitative estimate of drug-likeness (QED) is 0.591. The number of hydrogen-bond acceptors (Lipinski definition) is 6. The van der Waals surface area contributed by atoms with Gasteiger partial charge in [0.1, 0.15) is 6.04 Å². The number of amides is 3. The van der Waals surface area contributed by atoms with Crippen molar-refractivity contribution in [2.75, 3.05) is 31.1 Å². The van der Waals surface area contributed by atoms with Gasteiger partial charge in [-0.1, -0.05) is 12.8 Å². The molecule has 1 aromatic rings. The van der Waals surface area contributed by atoms with Gasteiger partial charge < -0.3 is 9.80 Å². The molecule has 8 heteroatoms. The Labute approximate surface area is 151 Å². The highest BCUT2D eigenvalue weighted by Gasteiger charge is 2.39. The maximum absolute atomic E-state index is 12.7. The van der Waals surface area contributed by atoms with Crippen molar-refractivity contribution in [2.24, 2.45) is 0 Å². The lowest BCUT2D eigenvalue weighted by Gasteiger charge is -2.33. The largest absolute Gasteiger partial charge is 0.369 e. The van der Waals surface area contributed by atoms with Crippen molar-refractivity contribution in [3.05, 3.63) is 29.3 Å². The van der Waals surface area contributed by atoms with Crippen molar-refractivity contribution in [3.8, 4) is 0 Å². The normalized spacial score (nSPS) is 24.5. The van der Waals surface area contributed by atoms with Gasteiger partial charge in [0.05, 0.1) is 0 Å². The molecule has 4 rings (SSSR count). The van der Waals surface area contributed by atoms with Crippen molar-refractivity contribution in [1.82, 2.24) is 14.5 Å². The number of nitrogens with one attached hydrogen (secondary N) is 1. The maximum Gasteiger partial charge on any atom is 0.255 e. The van der Waals surface area contributed by atoms with Crippen LogP contribution >= 0.6 is 12.8 Å². The van der Waals surface area contributed by atoms with Crippen molar-refractivity contribution < 1.29 is 14.4 Å². The summed E-state index contributed by atoms with van der Waals surface area (Å²) >= 11 is 4.37. The topological polar surface area (TPSA) is 73.0 Å². The zero-order valence-corrected chi connectivity index (χ0v) is 14.7. The first-order valence-electron chi connectivity index (χ1n) is 8.49. The van der Waals surface area contributed by atoms with Gasteiger partial charge in [-0.15, -0.1) is 0 Å². The van der Waals surface area contributed by atoms with Gasteiger partial charge in [-0.25, -0.2) is 4.31 Å². The molecule has 0 bridgehead atoms. The van der Waals surface area contributed by atoms with Crippen LogP contribution < -0.4 is 10.2 Å². The van der Waals surface area contributed by atoms with E-state index in [0.717, 1.165) is 37.4 Å². The van der Waals surface area contributed by atoms with E-state index < -0.39 is 6.04 Å². The number of imide groups is 1. The van der Waals surface area contributed by atoms with Gasteiger partial charge in [0.25, 0.3) is 5.91 Å². The van der Waals surface area contributed by atoms with E-state index in [9.17, 15) is 14.4 Å². The van der Waals surface area contributed by atoms with Crippen LogP contribution in [0.3, 0.4) is 0 Å². The Bertz CT molecular complexity index is 745. The third kappa shape index (κ3) is 3.00. The van der Waals surface area contributed by atoms with Crippen LogP contribution in [0, 0.1) is 0 Å². The zero-order chi connectivity index (χ0) is 17.6. The summed E-state index contributed by atoms with van der Waals surface area (Å²) in [6, 6.07) is 5.31. The molecular formula is C17H20N4O3S. The predicted molar refractivity (Wildman–Crippen MR) is 95.3 cm³/mol. The van der Waals surface area contributed by atoms with E-state index in [0.29, 0.717) is 18.5 Å². The second-order valence-corrected chi connectivity index (χ2v) is 7.25. The van der Waals surface area contributed by atoms with Gasteiger partial charge in [0, 0.05) is 50.4 Å². The van der Waals surface area contributed by atoms with E-state index in [1.807, 2.05) is 22.5 Å². The van der Waals surface area contributed by atoms with Gasteiger partial charge in [-0.3, -0.25) is 19.7 Å². The minimum atomic E-state index is -0.561. The molecule has 0 radical (unpaired) electrons. The van der Waals surface area contributed by atoms with Crippen LogP contribution in [0.1, 0.15) is 28.8 Å². The monoisotopic (exact) mass is 360 g/mol. The Morgan fingerprint density at radius 2 is 1.84 bits per heavy atom. The summed E-state index contributed by atoms with van der Waals surface area (Å²) in [7, 11) is 0. The molecule has 3 aliphatic heterocycles. The molecule has 1 atom stereocenters. The Kier molecular flexibility index (Phi) is 4.16. The van der Waals surface area contributed by atoms with E-state index >= 15 is 0 Å². The summed E-state index contributed by atoms with van der Waals surface area (Å²) in [5.41, 5.74) is 2.69. The molecule has 3 aliphatic rings. The second kappa shape index (κ2) is 6.34. The number of hydrogen-bond donors (Lipinski definition) is 2. The highest BCUT2D eigenvalue weighted by Crippen LogP contribution is 2.30. The average molecular weight is 360 g/mol. The average Bonchev–Trinajstić information content (AvgIpc) is 2.92. The van der Waals surface area contributed by atoms with Gasteiger partial charge >= 0.3 is 0 Å². The number of rotatable bonds is 2. The summed E-state index contributed by atoms with van der Waals surface area (Å²) in [4.78, 5) is 40.0. The summed E-state index contributed by atoms with van der Waals surface area (Å²) in [6.07, 6.45) is 0.664. The van der Waals surface area contributed by atoms with Gasteiger partial charge in [0.2, 0.25) is 11.8 Å². The Hall–Kier alpha value is -2.06. The molecule has 0 saturated carbocycles. The Balaban J connectivity index is 1.53. The number of benzene rings is 1. The molecule has 0 aliphatic carbocycles. The first-order valence-corrected chi connectivity index (χ1v) is 8.89. The van der Waals surface area contributed by atoms with E-state index in [1.54, 1.807) is 4.90 Å². The van der Waals surface area contributed by atoms with Crippen LogP contribution in [-0.2, 0) is 16.1 Å². The SMILES string of the molecule is O=C1CCC(N2Cc3cc(N4CCN(S)CC4)ccc3C2=O)C(=O)N1. The highest BCUT2D eigenvalue weighted by atomic mass is 32.1. The maximum atomic E-state index is 12.7. The number of nitrogens with zero attached hydrogens (tertiary/aromatic N) is 3. The van der Waals surface area contributed by atoms with Crippen LogP contribution in [-0.4, -0.2) is 59.1 Å². The summed E-state index contributed by atoms with van der Waals surface area (Å²) in [6.45, 7) is 3.99. The number of thiol groups is 1. The molecule has 3 amide bonds. The molecule has 2 saturated heterocycles. The molecule has 0 spiro atoms. The molecular weight excluding hydrogens is 340 g/mol. The molecule has 3 heterocycles. The van der Waals surface area contributed by atoms with E-state index in [1.165, 1.54) is 0 Å². The Morgan fingerprint density at radius 1 is 1.08 bits per heavy atom. The van der Waals surface area contributed by atoms with Crippen LogP contribution in [0.4, 0.5) is 5.69 Å². The number of piperidine rings is 1. The number of fused-ring (bicyclic) bond motifs is 1. The molecule has 132 valence electrons. The summed E-state index contributed by atoms with van der Waals surface area (Å²) in [5.74, 6) is -0.769. The summed E-state index contributed by atoms with van der Waals surface area (Å²) in [5, 5.41) is 2.33. The molecule has 1 N–H and O–H groups in total. The number of carbonyl (C=O) groups is 3. The van der Waals surface area contributed by atoms with Crippen LogP contribution in [0.15, 0.2) is 18.2 Å². The fourth-order valence-electron chi connectivity index (χ4n) is 3.71. The zero-order valence-electron chi connectivity index (χ0n) is 13.8. The molecule has 25 heavy (non-hydrogen) atoms. The standard InChI is InChI=1S/C17H20N4O3S/c22-15-4-3-14(16(23)18-15)21-10-11-9-12(1-2-13(11)17(21)24)19-5-7-20(25)8-6-19/h1-2,9,14,25H,3-8,10H2,(H,18,22,23). The third-order valence-corrected chi connectivity index (χ3v) is 5.53. The van der Waals surface area contributed by atoms with Crippen LogP contribution in [0.2, 0.25) is 0 Å². The van der Waals surface area contributed by atoms with Crippen molar-refractivity contribution >= 4 is 36.2 Å². The second-order valence-electron chi connectivity index (χ2n) is 6.68. The van der Waals surface area contributed by atoms with Gasteiger partial charge in [-0.05, 0) is 30.2 Å².